The van der Waals surface area contributed by atoms with E-state index in [1.165, 1.54) is 7.11 Å². The standard InChI is InChI=1S/C12H24O3/c1-9(2)7-12(8-13,10(14)15-6)11(3,4)5/h7,10,13-14H,8H2,1-6H3/t10-,12?/m1/s1. The summed E-state index contributed by atoms with van der Waals surface area (Å²) in [5.74, 6) is 0. The minimum Gasteiger partial charge on any atom is -0.395 e. The highest BCUT2D eigenvalue weighted by molar-refractivity contribution is 5.11. The van der Waals surface area contributed by atoms with E-state index in [1.807, 2.05) is 40.7 Å². The van der Waals surface area contributed by atoms with Crippen molar-refractivity contribution in [2.24, 2.45) is 10.8 Å². The normalized spacial score (nSPS) is 18.1. The highest BCUT2D eigenvalue weighted by atomic mass is 16.6. The molecule has 0 saturated carbocycles. The molecule has 3 heteroatoms. The molecule has 2 atom stereocenters. The predicted octanol–water partition coefficient (Wildman–Crippen LogP) is 1.94. The number of aliphatic hydroxyl groups is 2. The van der Waals surface area contributed by atoms with E-state index in [0.717, 1.165) is 5.57 Å². The Morgan fingerprint density at radius 2 is 1.80 bits per heavy atom. The lowest BCUT2D eigenvalue weighted by molar-refractivity contribution is -0.187. The number of ether oxygens (including phenoxy) is 1. The summed E-state index contributed by atoms with van der Waals surface area (Å²) in [5, 5.41) is 19.5. The van der Waals surface area contributed by atoms with Gasteiger partial charge in [-0.05, 0) is 19.3 Å². The second kappa shape index (κ2) is 5.10. The molecule has 1 unspecified atom stereocenters. The summed E-state index contributed by atoms with van der Waals surface area (Å²) in [7, 11) is 1.44. The van der Waals surface area contributed by atoms with Gasteiger partial charge in [-0.25, -0.2) is 0 Å². The molecule has 90 valence electrons. The SMILES string of the molecule is CO[C@@H](O)C(C=C(C)C)(CO)C(C)(C)C. The number of allylic oxidation sites excluding steroid dienone is 1. The molecule has 3 nitrogen and oxygen atoms in total. The Hall–Kier alpha value is -0.380. The molecule has 0 saturated heterocycles. The molecule has 0 rings (SSSR count). The van der Waals surface area contributed by atoms with Gasteiger partial charge in [0.05, 0.1) is 12.0 Å². The summed E-state index contributed by atoms with van der Waals surface area (Å²) in [4.78, 5) is 0. The number of rotatable bonds is 4. The molecule has 2 N–H and O–H groups in total. The van der Waals surface area contributed by atoms with Crippen LogP contribution in [0.5, 0.6) is 0 Å². The van der Waals surface area contributed by atoms with Crippen LogP contribution in [0.2, 0.25) is 0 Å². The highest BCUT2D eigenvalue weighted by Crippen LogP contribution is 2.43. The first-order valence-electron chi connectivity index (χ1n) is 5.19. The van der Waals surface area contributed by atoms with Gasteiger partial charge in [-0.3, -0.25) is 0 Å². The van der Waals surface area contributed by atoms with Crippen LogP contribution in [0.15, 0.2) is 11.6 Å². The number of hydrogen-bond donors (Lipinski definition) is 2. The van der Waals surface area contributed by atoms with Gasteiger partial charge in [0.1, 0.15) is 0 Å². The fourth-order valence-corrected chi connectivity index (χ4v) is 1.74. The zero-order chi connectivity index (χ0) is 12.3. The average molecular weight is 216 g/mol. The van der Waals surface area contributed by atoms with Crippen molar-refractivity contribution in [3.8, 4) is 0 Å². The lowest BCUT2D eigenvalue weighted by Crippen LogP contribution is -2.48. The third-order valence-corrected chi connectivity index (χ3v) is 2.87. The lowest BCUT2D eigenvalue weighted by atomic mass is 9.65. The molecule has 0 fully saturated rings. The summed E-state index contributed by atoms with van der Waals surface area (Å²) in [6, 6.07) is 0. The first-order valence-corrected chi connectivity index (χ1v) is 5.19. The third kappa shape index (κ3) is 3.03. The van der Waals surface area contributed by atoms with Crippen LogP contribution in [0.3, 0.4) is 0 Å². The van der Waals surface area contributed by atoms with Crippen molar-refractivity contribution in [2.75, 3.05) is 13.7 Å². The summed E-state index contributed by atoms with van der Waals surface area (Å²) in [6.07, 6.45) is 0.888. The Labute approximate surface area is 92.8 Å². The van der Waals surface area contributed by atoms with Crippen LogP contribution in [-0.4, -0.2) is 30.2 Å². The van der Waals surface area contributed by atoms with Crippen molar-refractivity contribution in [1.29, 1.82) is 0 Å². The number of methoxy groups -OCH3 is 1. The molecule has 0 aromatic carbocycles. The maximum atomic E-state index is 9.93. The third-order valence-electron chi connectivity index (χ3n) is 2.87. The molecule has 0 aliphatic heterocycles. The summed E-state index contributed by atoms with van der Waals surface area (Å²) >= 11 is 0. The maximum Gasteiger partial charge on any atom is 0.165 e. The monoisotopic (exact) mass is 216 g/mol. The highest BCUT2D eigenvalue weighted by Gasteiger charge is 2.46. The first-order chi connectivity index (χ1) is 6.71. The quantitative estimate of drug-likeness (QED) is 0.558. The van der Waals surface area contributed by atoms with Crippen LogP contribution in [0, 0.1) is 10.8 Å². The van der Waals surface area contributed by atoms with Crippen LogP contribution in [0.1, 0.15) is 34.6 Å². The average Bonchev–Trinajstić information content (AvgIpc) is 2.10. The topological polar surface area (TPSA) is 49.7 Å². The van der Waals surface area contributed by atoms with Gasteiger partial charge < -0.3 is 14.9 Å². The Balaban J connectivity index is 5.41. The fraction of sp³-hybridized carbons (Fsp3) is 0.833. The lowest BCUT2D eigenvalue weighted by Gasteiger charge is -2.44. The van der Waals surface area contributed by atoms with E-state index in [-0.39, 0.29) is 12.0 Å². The van der Waals surface area contributed by atoms with Crippen molar-refractivity contribution < 1.29 is 14.9 Å². The molecule has 0 bridgehead atoms. The Morgan fingerprint density at radius 1 is 1.33 bits per heavy atom. The minimum atomic E-state index is -1.00. The molecule has 0 aromatic heterocycles. The van der Waals surface area contributed by atoms with Gasteiger partial charge in [0.15, 0.2) is 6.29 Å². The Bertz CT molecular complexity index is 224. The molecule has 0 aromatic rings. The molecule has 0 aliphatic rings. The van der Waals surface area contributed by atoms with Gasteiger partial charge in [0.25, 0.3) is 0 Å². The maximum absolute atomic E-state index is 9.93. The zero-order valence-electron chi connectivity index (χ0n) is 10.7. The fourth-order valence-electron chi connectivity index (χ4n) is 1.74. The van der Waals surface area contributed by atoms with Crippen LogP contribution in [0.25, 0.3) is 0 Å². The van der Waals surface area contributed by atoms with Gasteiger partial charge in [0, 0.05) is 7.11 Å². The van der Waals surface area contributed by atoms with Crippen LogP contribution >= 0.6 is 0 Å². The number of hydrogen-bond acceptors (Lipinski definition) is 3. The van der Waals surface area contributed by atoms with Gasteiger partial charge in [-0.1, -0.05) is 32.4 Å². The summed E-state index contributed by atoms with van der Waals surface area (Å²) in [6.45, 7) is 9.68. The molecular formula is C12H24O3. The predicted molar refractivity (Wildman–Crippen MR) is 61.4 cm³/mol. The first kappa shape index (κ1) is 14.6. The van der Waals surface area contributed by atoms with Crippen LogP contribution in [-0.2, 0) is 4.74 Å². The Morgan fingerprint density at radius 3 is 2.00 bits per heavy atom. The summed E-state index contributed by atoms with van der Waals surface area (Å²) in [5.41, 5.74) is 0.00440. The smallest absolute Gasteiger partial charge is 0.165 e. The van der Waals surface area contributed by atoms with Gasteiger partial charge in [-0.15, -0.1) is 0 Å². The van der Waals surface area contributed by atoms with Gasteiger partial charge in [0.2, 0.25) is 0 Å². The van der Waals surface area contributed by atoms with E-state index in [9.17, 15) is 10.2 Å². The molecular weight excluding hydrogens is 192 g/mol. The van der Waals surface area contributed by atoms with Crippen LogP contribution in [0.4, 0.5) is 0 Å². The van der Waals surface area contributed by atoms with E-state index in [0.29, 0.717) is 0 Å². The molecule has 0 radical (unpaired) electrons. The Kier molecular flexibility index (Phi) is 4.97. The van der Waals surface area contributed by atoms with Crippen molar-refractivity contribution in [3.05, 3.63) is 11.6 Å². The molecule has 0 heterocycles. The second-order valence-corrected chi connectivity index (χ2v) is 5.26. The van der Waals surface area contributed by atoms with Crippen molar-refractivity contribution in [2.45, 2.75) is 40.9 Å². The van der Waals surface area contributed by atoms with E-state index < -0.39 is 11.7 Å². The van der Waals surface area contributed by atoms with Crippen molar-refractivity contribution in [1.82, 2.24) is 0 Å². The van der Waals surface area contributed by atoms with Crippen LogP contribution < -0.4 is 0 Å². The summed E-state index contributed by atoms with van der Waals surface area (Å²) < 4.78 is 4.98. The van der Waals surface area contributed by atoms with E-state index in [1.54, 1.807) is 0 Å². The minimum absolute atomic E-state index is 0.142. The zero-order valence-corrected chi connectivity index (χ0v) is 10.7. The molecule has 0 amide bonds. The number of aliphatic hydroxyl groups excluding tert-OH is 2. The molecule has 0 spiro atoms. The van der Waals surface area contributed by atoms with E-state index in [4.69, 9.17) is 4.74 Å². The second-order valence-electron chi connectivity index (χ2n) is 5.26. The molecule has 15 heavy (non-hydrogen) atoms. The van der Waals surface area contributed by atoms with E-state index in [2.05, 4.69) is 0 Å². The van der Waals surface area contributed by atoms with E-state index >= 15 is 0 Å². The van der Waals surface area contributed by atoms with Crippen molar-refractivity contribution >= 4 is 0 Å². The van der Waals surface area contributed by atoms with Crippen molar-refractivity contribution in [3.63, 3.8) is 0 Å². The molecule has 0 aliphatic carbocycles. The van der Waals surface area contributed by atoms with Gasteiger partial charge in [-0.2, -0.15) is 0 Å². The largest absolute Gasteiger partial charge is 0.395 e. The van der Waals surface area contributed by atoms with Gasteiger partial charge >= 0.3 is 0 Å².